The number of para-hydroxylation sites is 2. The van der Waals surface area contributed by atoms with Gasteiger partial charge in [0.15, 0.2) is 17.3 Å². The second-order valence-corrected chi connectivity index (χ2v) is 11.3. The fourth-order valence-corrected chi connectivity index (χ4v) is 5.60. The van der Waals surface area contributed by atoms with Crippen molar-refractivity contribution in [3.63, 3.8) is 0 Å². The van der Waals surface area contributed by atoms with Crippen LogP contribution in [0.15, 0.2) is 78.0 Å². The van der Waals surface area contributed by atoms with E-state index < -0.39 is 6.04 Å². The van der Waals surface area contributed by atoms with Crippen molar-refractivity contribution in [2.24, 2.45) is 5.41 Å². The van der Waals surface area contributed by atoms with E-state index in [1.807, 2.05) is 73.7 Å². The molecule has 0 saturated carbocycles. The lowest BCUT2D eigenvalue weighted by Crippen LogP contribution is -2.38. The van der Waals surface area contributed by atoms with E-state index in [0.717, 1.165) is 28.2 Å². The minimum atomic E-state index is -0.609. The SMILES string of the molecule is CCOc1cc([C@H]2C3=C(CC(C)(C)CC3=O)Nc3ccccc3N2C(C)=O)ccc1OCc1ccc(Cl)cc1. The molecular formula is C32H33ClN2O4. The highest BCUT2D eigenvalue weighted by Crippen LogP contribution is 2.49. The van der Waals surface area contributed by atoms with E-state index in [9.17, 15) is 9.59 Å². The molecule has 3 aromatic carbocycles. The summed E-state index contributed by atoms with van der Waals surface area (Å²) < 4.78 is 12.1. The number of fused-ring (bicyclic) bond motifs is 1. The first-order valence-corrected chi connectivity index (χ1v) is 13.6. The molecule has 1 heterocycles. The predicted octanol–water partition coefficient (Wildman–Crippen LogP) is 7.48. The van der Waals surface area contributed by atoms with Crippen LogP contribution in [0, 0.1) is 5.41 Å². The molecule has 2 aliphatic rings. The lowest BCUT2D eigenvalue weighted by Gasteiger charge is -2.37. The van der Waals surface area contributed by atoms with Crippen LogP contribution in [0.5, 0.6) is 11.5 Å². The summed E-state index contributed by atoms with van der Waals surface area (Å²) in [6.45, 7) is 8.44. The summed E-state index contributed by atoms with van der Waals surface area (Å²) in [6, 6.07) is 20.3. The topological polar surface area (TPSA) is 67.9 Å². The van der Waals surface area contributed by atoms with E-state index in [1.165, 1.54) is 0 Å². The molecule has 0 saturated heterocycles. The smallest absolute Gasteiger partial charge is 0.224 e. The number of allylic oxidation sites excluding steroid dienone is 1. The number of amides is 1. The lowest BCUT2D eigenvalue weighted by molar-refractivity contribution is -0.118. The van der Waals surface area contributed by atoms with Gasteiger partial charge in [0.05, 0.1) is 24.0 Å². The third-order valence-electron chi connectivity index (χ3n) is 7.13. The molecule has 0 unspecified atom stereocenters. The highest BCUT2D eigenvalue weighted by Gasteiger charge is 2.42. The van der Waals surface area contributed by atoms with E-state index in [4.69, 9.17) is 21.1 Å². The number of carbonyl (C=O) groups excluding carboxylic acids is 2. The average Bonchev–Trinajstić information content (AvgIpc) is 3.02. The zero-order valence-electron chi connectivity index (χ0n) is 22.7. The van der Waals surface area contributed by atoms with E-state index in [2.05, 4.69) is 19.2 Å². The van der Waals surface area contributed by atoms with Crippen LogP contribution < -0.4 is 19.7 Å². The normalized spacial score (nSPS) is 18.0. The predicted molar refractivity (Wildman–Crippen MR) is 154 cm³/mol. The molecule has 3 aromatic rings. The maximum atomic E-state index is 13.8. The average molecular weight is 545 g/mol. The highest BCUT2D eigenvalue weighted by atomic mass is 35.5. The van der Waals surface area contributed by atoms with Gasteiger partial charge in [-0.05, 0) is 66.3 Å². The zero-order chi connectivity index (χ0) is 27.7. The van der Waals surface area contributed by atoms with Gasteiger partial charge in [0.25, 0.3) is 0 Å². The highest BCUT2D eigenvalue weighted by molar-refractivity contribution is 6.30. The number of ketones is 1. The number of carbonyl (C=O) groups is 2. The summed E-state index contributed by atoms with van der Waals surface area (Å²) in [6.07, 6.45) is 1.11. The monoisotopic (exact) mass is 544 g/mol. The maximum absolute atomic E-state index is 13.8. The van der Waals surface area contributed by atoms with Gasteiger partial charge in [0, 0.05) is 29.6 Å². The van der Waals surface area contributed by atoms with Crippen molar-refractivity contribution in [3.05, 3.63) is 94.1 Å². The summed E-state index contributed by atoms with van der Waals surface area (Å²) in [5.74, 6) is 1.03. The Labute approximate surface area is 234 Å². The molecule has 1 N–H and O–H groups in total. The van der Waals surface area contributed by atoms with E-state index >= 15 is 0 Å². The van der Waals surface area contributed by atoms with Crippen LogP contribution >= 0.6 is 11.6 Å². The summed E-state index contributed by atoms with van der Waals surface area (Å²) >= 11 is 6.02. The van der Waals surface area contributed by atoms with Crippen LogP contribution in [0.3, 0.4) is 0 Å². The number of nitrogens with zero attached hydrogens (tertiary/aromatic N) is 1. The second kappa shape index (κ2) is 10.8. The van der Waals surface area contributed by atoms with Gasteiger partial charge in [-0.15, -0.1) is 0 Å². The van der Waals surface area contributed by atoms with Crippen LogP contribution in [0.2, 0.25) is 5.02 Å². The first kappa shape index (κ1) is 26.8. The number of benzene rings is 3. The molecule has 1 aliphatic heterocycles. The standard InChI is InChI=1S/C32H33ClN2O4/c1-5-38-29-16-22(12-15-28(29)39-19-21-10-13-23(33)14-11-21)31-30-25(17-32(3,4)18-27(30)37)34-24-8-6-7-9-26(24)35(31)20(2)36/h6-16,31,34H,5,17-19H2,1-4H3/t31-/m0/s1. The van der Waals surface area contributed by atoms with E-state index in [1.54, 1.807) is 11.8 Å². The Balaban J connectivity index is 1.61. The molecule has 0 fully saturated rings. The summed E-state index contributed by atoms with van der Waals surface area (Å²) in [7, 11) is 0. The quantitative estimate of drug-likeness (QED) is 0.348. The minimum absolute atomic E-state index is 0.0406. The van der Waals surface area contributed by atoms with Crippen LogP contribution in [-0.2, 0) is 16.2 Å². The van der Waals surface area contributed by atoms with Crippen molar-refractivity contribution in [3.8, 4) is 11.5 Å². The number of hydrogen-bond donors (Lipinski definition) is 1. The van der Waals surface area contributed by atoms with Crippen molar-refractivity contribution in [2.75, 3.05) is 16.8 Å². The Morgan fingerprint density at radius 1 is 1.03 bits per heavy atom. The third kappa shape index (κ3) is 5.52. The zero-order valence-corrected chi connectivity index (χ0v) is 23.5. The molecule has 5 rings (SSSR count). The Morgan fingerprint density at radius 3 is 2.49 bits per heavy atom. The van der Waals surface area contributed by atoms with Gasteiger partial charge in [-0.25, -0.2) is 0 Å². The van der Waals surface area contributed by atoms with Crippen LogP contribution in [-0.4, -0.2) is 18.3 Å². The molecule has 1 aliphatic carbocycles. The molecule has 0 radical (unpaired) electrons. The van der Waals surface area contributed by atoms with Crippen molar-refractivity contribution < 1.29 is 19.1 Å². The molecule has 7 heteroatoms. The van der Waals surface area contributed by atoms with Crippen molar-refractivity contribution in [1.82, 2.24) is 0 Å². The Kier molecular flexibility index (Phi) is 7.41. The molecule has 0 aromatic heterocycles. The van der Waals surface area contributed by atoms with Gasteiger partial charge in [0.2, 0.25) is 5.91 Å². The molecule has 1 amide bonds. The summed E-state index contributed by atoms with van der Waals surface area (Å²) in [4.78, 5) is 28.7. The first-order chi connectivity index (χ1) is 18.7. The number of hydrogen-bond acceptors (Lipinski definition) is 5. The summed E-state index contributed by atoms with van der Waals surface area (Å²) in [5.41, 5.74) is 4.59. The Bertz CT molecular complexity index is 1440. The van der Waals surface area contributed by atoms with Crippen molar-refractivity contribution in [2.45, 2.75) is 53.2 Å². The van der Waals surface area contributed by atoms with E-state index in [0.29, 0.717) is 48.2 Å². The van der Waals surface area contributed by atoms with Gasteiger partial charge >= 0.3 is 0 Å². The molecule has 202 valence electrons. The van der Waals surface area contributed by atoms with Crippen LogP contribution in [0.4, 0.5) is 11.4 Å². The molecule has 39 heavy (non-hydrogen) atoms. The van der Waals surface area contributed by atoms with Crippen LogP contribution in [0.1, 0.15) is 57.7 Å². The van der Waals surface area contributed by atoms with Gasteiger partial charge in [0.1, 0.15) is 6.61 Å². The molecule has 0 spiro atoms. The fourth-order valence-electron chi connectivity index (χ4n) is 5.47. The molecule has 1 atom stereocenters. The number of rotatable bonds is 6. The summed E-state index contributed by atoms with van der Waals surface area (Å²) in [5, 5.41) is 4.19. The van der Waals surface area contributed by atoms with Gasteiger partial charge in [-0.1, -0.05) is 55.8 Å². The van der Waals surface area contributed by atoms with Crippen molar-refractivity contribution >= 4 is 34.7 Å². The second-order valence-electron chi connectivity index (χ2n) is 10.8. The number of nitrogens with one attached hydrogen (secondary N) is 1. The minimum Gasteiger partial charge on any atom is -0.490 e. The molecule has 0 bridgehead atoms. The van der Waals surface area contributed by atoms with Crippen molar-refractivity contribution in [1.29, 1.82) is 0 Å². The first-order valence-electron chi connectivity index (χ1n) is 13.2. The van der Waals surface area contributed by atoms with Crippen LogP contribution in [0.25, 0.3) is 0 Å². The van der Waals surface area contributed by atoms with Gasteiger partial charge in [-0.2, -0.15) is 0 Å². The maximum Gasteiger partial charge on any atom is 0.224 e. The van der Waals surface area contributed by atoms with Gasteiger partial charge in [-0.3, -0.25) is 14.5 Å². The van der Waals surface area contributed by atoms with Gasteiger partial charge < -0.3 is 14.8 Å². The number of Topliss-reactive ketones (excluding diaryl/α,β-unsaturated/α-hetero) is 1. The van der Waals surface area contributed by atoms with E-state index in [-0.39, 0.29) is 17.1 Å². The molecule has 6 nitrogen and oxygen atoms in total. The number of anilines is 2. The largest absolute Gasteiger partial charge is 0.490 e. The lowest BCUT2D eigenvalue weighted by atomic mass is 9.73. The Morgan fingerprint density at radius 2 is 1.77 bits per heavy atom. The third-order valence-corrected chi connectivity index (χ3v) is 7.38. The number of ether oxygens (including phenoxy) is 2. The molecular weight excluding hydrogens is 512 g/mol. The fraction of sp³-hybridized carbons (Fsp3) is 0.312. The Hall–Kier alpha value is -3.77. The number of halogens is 1.